The van der Waals surface area contributed by atoms with Gasteiger partial charge in [0.2, 0.25) is 0 Å². The second kappa shape index (κ2) is 4.29. The van der Waals surface area contributed by atoms with Crippen molar-refractivity contribution in [3.63, 3.8) is 0 Å². The largest absolute Gasteiger partial charge is 0.399 e. The average molecular weight is 230 g/mol. The summed E-state index contributed by atoms with van der Waals surface area (Å²) in [5.41, 5.74) is 7.76. The topological polar surface area (TPSA) is 72.9 Å². The van der Waals surface area contributed by atoms with Gasteiger partial charge in [-0.25, -0.2) is 0 Å². The van der Waals surface area contributed by atoms with Crippen LogP contribution in [0.5, 0.6) is 0 Å². The van der Waals surface area contributed by atoms with E-state index < -0.39 is 0 Å². The lowest BCUT2D eigenvalue weighted by atomic mass is 10.1. The SMILES string of the molecule is Cc1cc(N)cc(C(=O)Nc2ccn(C)n2)c1. The second-order valence-corrected chi connectivity index (χ2v) is 3.96. The fourth-order valence-corrected chi connectivity index (χ4v) is 1.61. The summed E-state index contributed by atoms with van der Waals surface area (Å²) in [7, 11) is 1.79. The van der Waals surface area contributed by atoms with E-state index >= 15 is 0 Å². The van der Waals surface area contributed by atoms with Gasteiger partial charge in [0, 0.05) is 30.6 Å². The van der Waals surface area contributed by atoms with E-state index in [4.69, 9.17) is 5.73 Å². The maximum absolute atomic E-state index is 11.9. The Balaban J connectivity index is 2.19. The summed E-state index contributed by atoms with van der Waals surface area (Å²) < 4.78 is 1.63. The summed E-state index contributed by atoms with van der Waals surface area (Å²) in [5, 5.41) is 6.78. The number of carbonyl (C=O) groups excluding carboxylic acids is 1. The highest BCUT2D eigenvalue weighted by Crippen LogP contribution is 2.13. The summed E-state index contributed by atoms with van der Waals surface area (Å²) in [6.45, 7) is 1.90. The van der Waals surface area contributed by atoms with E-state index in [1.54, 1.807) is 36.1 Å². The van der Waals surface area contributed by atoms with E-state index in [2.05, 4.69) is 10.4 Å². The first-order valence-electron chi connectivity index (χ1n) is 5.23. The molecule has 1 aromatic heterocycles. The molecule has 0 atom stereocenters. The number of amides is 1. The molecule has 2 aromatic rings. The lowest BCUT2D eigenvalue weighted by Gasteiger charge is -2.04. The molecule has 1 heterocycles. The smallest absolute Gasteiger partial charge is 0.256 e. The van der Waals surface area contributed by atoms with Gasteiger partial charge in [0.1, 0.15) is 0 Å². The third kappa shape index (κ3) is 2.63. The number of benzene rings is 1. The van der Waals surface area contributed by atoms with E-state index in [1.807, 2.05) is 13.0 Å². The molecular formula is C12H14N4O. The van der Waals surface area contributed by atoms with Gasteiger partial charge in [-0.2, -0.15) is 5.10 Å². The van der Waals surface area contributed by atoms with E-state index in [0.717, 1.165) is 5.56 Å². The molecule has 0 spiro atoms. The molecule has 0 aliphatic heterocycles. The van der Waals surface area contributed by atoms with Crippen LogP contribution in [-0.4, -0.2) is 15.7 Å². The summed E-state index contributed by atoms with van der Waals surface area (Å²) in [6, 6.07) is 6.98. The van der Waals surface area contributed by atoms with Crippen molar-refractivity contribution in [2.75, 3.05) is 11.1 Å². The summed E-state index contributed by atoms with van der Waals surface area (Å²) >= 11 is 0. The number of carbonyl (C=O) groups is 1. The van der Waals surface area contributed by atoms with E-state index in [-0.39, 0.29) is 5.91 Å². The molecule has 0 aliphatic carbocycles. The Kier molecular flexibility index (Phi) is 2.82. The fraction of sp³-hybridized carbons (Fsp3) is 0.167. The van der Waals surface area contributed by atoms with Gasteiger partial charge >= 0.3 is 0 Å². The third-order valence-electron chi connectivity index (χ3n) is 2.32. The number of nitrogens with zero attached hydrogens (tertiary/aromatic N) is 2. The number of rotatable bonds is 2. The quantitative estimate of drug-likeness (QED) is 0.769. The Morgan fingerprint density at radius 1 is 1.41 bits per heavy atom. The van der Waals surface area contributed by atoms with Crippen LogP contribution in [0.3, 0.4) is 0 Å². The van der Waals surface area contributed by atoms with Crippen LogP contribution in [0.4, 0.5) is 11.5 Å². The first kappa shape index (κ1) is 11.2. The minimum Gasteiger partial charge on any atom is -0.399 e. The van der Waals surface area contributed by atoms with Gasteiger partial charge in [0.25, 0.3) is 5.91 Å². The number of aromatic nitrogens is 2. The molecule has 1 amide bonds. The van der Waals surface area contributed by atoms with E-state index in [1.165, 1.54) is 0 Å². The normalized spacial score (nSPS) is 10.2. The molecule has 0 bridgehead atoms. The number of hydrogen-bond acceptors (Lipinski definition) is 3. The molecule has 1 aromatic carbocycles. The molecule has 17 heavy (non-hydrogen) atoms. The van der Waals surface area contributed by atoms with Crippen LogP contribution in [-0.2, 0) is 7.05 Å². The molecule has 0 saturated heterocycles. The molecule has 0 radical (unpaired) electrons. The number of nitrogens with one attached hydrogen (secondary N) is 1. The minimum absolute atomic E-state index is 0.209. The molecule has 0 aliphatic rings. The molecule has 3 N–H and O–H groups in total. The van der Waals surface area contributed by atoms with Crippen molar-refractivity contribution in [2.24, 2.45) is 7.05 Å². The highest BCUT2D eigenvalue weighted by Gasteiger charge is 2.08. The van der Waals surface area contributed by atoms with E-state index in [9.17, 15) is 4.79 Å². The molecule has 2 rings (SSSR count). The first-order valence-corrected chi connectivity index (χ1v) is 5.23. The molecule has 5 nitrogen and oxygen atoms in total. The van der Waals surface area contributed by atoms with Gasteiger partial charge in [0.05, 0.1) is 0 Å². The van der Waals surface area contributed by atoms with Crippen LogP contribution in [0.25, 0.3) is 0 Å². The highest BCUT2D eigenvalue weighted by atomic mass is 16.1. The monoisotopic (exact) mass is 230 g/mol. The number of aryl methyl sites for hydroxylation is 2. The Hall–Kier alpha value is -2.30. The van der Waals surface area contributed by atoms with Crippen LogP contribution in [0, 0.1) is 6.92 Å². The fourth-order valence-electron chi connectivity index (χ4n) is 1.61. The average Bonchev–Trinajstić information content (AvgIpc) is 2.62. The first-order chi connectivity index (χ1) is 8.04. The maximum atomic E-state index is 11.9. The number of nitrogen functional groups attached to an aromatic ring is 1. The van der Waals surface area contributed by atoms with Crippen LogP contribution < -0.4 is 11.1 Å². The number of anilines is 2. The van der Waals surface area contributed by atoms with Gasteiger partial charge < -0.3 is 11.1 Å². The van der Waals surface area contributed by atoms with Gasteiger partial charge in [-0.3, -0.25) is 9.48 Å². The standard InChI is InChI=1S/C12H14N4O/c1-8-5-9(7-10(13)6-8)12(17)14-11-3-4-16(2)15-11/h3-7H,13H2,1-2H3,(H,14,15,17). The molecule has 0 unspecified atom stereocenters. The Morgan fingerprint density at radius 2 is 2.18 bits per heavy atom. The van der Waals surface area contributed by atoms with Crippen LogP contribution in [0.2, 0.25) is 0 Å². The number of nitrogens with two attached hydrogens (primary N) is 1. The zero-order valence-electron chi connectivity index (χ0n) is 9.77. The van der Waals surface area contributed by atoms with Gasteiger partial charge in [-0.05, 0) is 30.7 Å². The van der Waals surface area contributed by atoms with Crippen molar-refractivity contribution >= 4 is 17.4 Å². The van der Waals surface area contributed by atoms with Crippen molar-refractivity contribution in [3.8, 4) is 0 Å². The molecule has 5 heteroatoms. The predicted octanol–water partition coefficient (Wildman–Crippen LogP) is 1.56. The second-order valence-electron chi connectivity index (χ2n) is 3.96. The van der Waals surface area contributed by atoms with Crippen molar-refractivity contribution in [2.45, 2.75) is 6.92 Å². The highest BCUT2D eigenvalue weighted by molar-refractivity contribution is 6.04. The van der Waals surface area contributed by atoms with Crippen molar-refractivity contribution < 1.29 is 4.79 Å². The summed E-state index contributed by atoms with van der Waals surface area (Å²) in [6.07, 6.45) is 1.76. The van der Waals surface area contributed by atoms with Crippen molar-refractivity contribution in [1.82, 2.24) is 9.78 Å². The van der Waals surface area contributed by atoms with Gasteiger partial charge in [-0.15, -0.1) is 0 Å². The summed E-state index contributed by atoms with van der Waals surface area (Å²) in [5.74, 6) is 0.316. The maximum Gasteiger partial charge on any atom is 0.256 e. The minimum atomic E-state index is -0.209. The lowest BCUT2D eigenvalue weighted by Crippen LogP contribution is -2.13. The van der Waals surface area contributed by atoms with Gasteiger partial charge in [0.15, 0.2) is 5.82 Å². The Morgan fingerprint density at radius 3 is 2.76 bits per heavy atom. The van der Waals surface area contributed by atoms with Crippen molar-refractivity contribution in [1.29, 1.82) is 0 Å². The van der Waals surface area contributed by atoms with E-state index in [0.29, 0.717) is 17.1 Å². The number of hydrogen-bond donors (Lipinski definition) is 2. The Labute approximate surface area is 99.2 Å². The summed E-state index contributed by atoms with van der Waals surface area (Å²) in [4.78, 5) is 11.9. The van der Waals surface area contributed by atoms with Crippen LogP contribution in [0.15, 0.2) is 30.5 Å². The van der Waals surface area contributed by atoms with Crippen molar-refractivity contribution in [3.05, 3.63) is 41.6 Å². The molecular weight excluding hydrogens is 216 g/mol. The lowest BCUT2D eigenvalue weighted by molar-refractivity contribution is 0.102. The Bertz CT molecular complexity index is 539. The molecule has 0 fully saturated rings. The third-order valence-corrected chi connectivity index (χ3v) is 2.32. The van der Waals surface area contributed by atoms with Crippen LogP contribution in [0.1, 0.15) is 15.9 Å². The zero-order chi connectivity index (χ0) is 12.4. The van der Waals surface area contributed by atoms with Gasteiger partial charge in [-0.1, -0.05) is 0 Å². The van der Waals surface area contributed by atoms with Crippen LogP contribution >= 0.6 is 0 Å². The molecule has 88 valence electrons. The zero-order valence-corrected chi connectivity index (χ0v) is 9.77. The molecule has 0 saturated carbocycles. The predicted molar refractivity (Wildman–Crippen MR) is 66.8 cm³/mol.